The molecule has 0 unspecified atom stereocenters. The number of amidine groups is 1. The van der Waals surface area contributed by atoms with Crippen molar-refractivity contribution in [2.45, 2.75) is 57.5 Å². The number of nitrogens with one attached hydrogen (secondary N) is 1. The zero-order valence-electron chi connectivity index (χ0n) is 44.9. The second kappa shape index (κ2) is 38.2. The minimum atomic E-state index is -5.65. The van der Waals surface area contributed by atoms with Crippen molar-refractivity contribution in [3.05, 3.63) is 76.1 Å². The summed E-state index contributed by atoms with van der Waals surface area (Å²) in [5, 5.41) is 8.82. The number of fused-ring (bicyclic) bond motifs is 1. The maximum Gasteiger partial charge on any atom is 0.313 e. The van der Waals surface area contributed by atoms with Crippen LogP contribution < -0.4 is 15.8 Å². The molecule has 80 heavy (non-hydrogen) atoms. The third-order valence-corrected chi connectivity index (χ3v) is 11.6. The Kier molecular flexibility index (Phi) is 32.0. The fraction of sp³-hybridized carbons (Fsp3) is 0.588. The number of aromatic nitrogens is 2. The molecule has 29 heteroatoms. The summed E-state index contributed by atoms with van der Waals surface area (Å²) in [6.07, 6.45) is 3.95. The molecule has 4 rings (SSSR count). The number of nitrogens with two attached hydrogens (primary N) is 1. The van der Waals surface area contributed by atoms with E-state index in [1.54, 1.807) is 17.0 Å². The van der Waals surface area contributed by atoms with Crippen LogP contribution in [0.1, 0.15) is 56.4 Å². The lowest BCUT2D eigenvalue weighted by atomic mass is 10.1. The van der Waals surface area contributed by atoms with Gasteiger partial charge in [0.25, 0.3) is 5.91 Å². The molecule has 2 heterocycles. The molecule has 0 saturated heterocycles. The third kappa shape index (κ3) is 25.1. The molecule has 448 valence electrons. The van der Waals surface area contributed by atoms with Crippen molar-refractivity contribution in [3.63, 3.8) is 0 Å². The first-order chi connectivity index (χ1) is 38.6. The van der Waals surface area contributed by atoms with Crippen LogP contribution in [0.5, 0.6) is 5.75 Å². The normalized spacial score (nSPS) is 12.5. The van der Waals surface area contributed by atoms with E-state index >= 15 is 0 Å². The molecular formula is C51H72F4N6O18S. The molecule has 0 saturated carbocycles. The summed E-state index contributed by atoms with van der Waals surface area (Å²) >= 11 is 0. The van der Waals surface area contributed by atoms with Gasteiger partial charge in [0.15, 0.2) is 16.5 Å². The van der Waals surface area contributed by atoms with Crippen LogP contribution in [0.3, 0.4) is 0 Å². The number of halogens is 4. The highest BCUT2D eigenvalue weighted by Crippen LogP contribution is 2.33. The highest BCUT2D eigenvalue weighted by Gasteiger charge is 2.34. The Bertz CT molecular complexity index is 2510. The number of hydrogen-bond acceptors (Lipinski definition) is 20. The van der Waals surface area contributed by atoms with E-state index in [0.717, 1.165) is 17.5 Å². The predicted molar refractivity (Wildman–Crippen MR) is 276 cm³/mol. The number of hydrogen-bond donors (Lipinski definition) is 3. The van der Waals surface area contributed by atoms with Crippen LogP contribution in [0.15, 0.2) is 45.9 Å². The summed E-state index contributed by atoms with van der Waals surface area (Å²) in [4.78, 5) is 45.5. The largest absolute Gasteiger partial charge is 0.420 e. The zero-order valence-corrected chi connectivity index (χ0v) is 45.8. The molecule has 3 aromatic rings. The summed E-state index contributed by atoms with van der Waals surface area (Å²) in [7, 11) is -5.65. The first-order valence-corrected chi connectivity index (χ1v) is 27.3. The lowest BCUT2D eigenvalue weighted by Gasteiger charge is -2.21. The van der Waals surface area contributed by atoms with Gasteiger partial charge in [-0.25, -0.2) is 18.8 Å². The average molecular weight is 1170 g/mol. The van der Waals surface area contributed by atoms with Gasteiger partial charge in [-0.2, -0.15) is 22.3 Å². The number of benzene rings is 2. The summed E-state index contributed by atoms with van der Waals surface area (Å²) < 4.78 is 147. The van der Waals surface area contributed by atoms with E-state index in [0.29, 0.717) is 142 Å². The number of carbonyl (C=O) groups is 3. The second-order valence-corrected chi connectivity index (χ2v) is 18.3. The zero-order chi connectivity index (χ0) is 58.0. The standard InChI is InChI=1S/C51H72F4N6O18S/c1-3-10-61(78-4-2)51(64)39-32-41-40(59-42(56)33-39)35-58-60(41)36-38-7-5-6-37(31-38)34-57-43(62)8-11-68-13-15-70-17-19-72-21-23-74-25-27-76-29-30-77-28-26-75-24-22-73-20-18-71-16-14-69-12-9-44(63)79-49-45(52)47(54)50(80(65,66)67)48(55)46(49)53/h5-7,31-32,35H,3-4,8-30,33-34,36H2,1-2H3,(H2,56,59)(H,57,62)(H,65,66,67). The fourth-order valence-corrected chi connectivity index (χ4v) is 7.64. The van der Waals surface area contributed by atoms with Crippen molar-refractivity contribution in [1.82, 2.24) is 20.2 Å². The number of hydroxylamine groups is 2. The summed E-state index contributed by atoms with van der Waals surface area (Å²) in [5.41, 5.74) is 9.75. The van der Waals surface area contributed by atoms with Crippen molar-refractivity contribution in [2.24, 2.45) is 10.7 Å². The number of ether oxygens (including phenoxy) is 11. The highest BCUT2D eigenvalue weighted by molar-refractivity contribution is 7.85. The smallest absolute Gasteiger partial charge is 0.313 e. The molecule has 2 aromatic carbocycles. The van der Waals surface area contributed by atoms with E-state index in [9.17, 15) is 40.4 Å². The number of carbonyl (C=O) groups excluding carboxylic acids is 3. The number of rotatable bonds is 44. The molecule has 0 aliphatic carbocycles. The molecule has 0 bridgehead atoms. The molecular weight excluding hydrogens is 1090 g/mol. The third-order valence-electron chi connectivity index (χ3n) is 10.8. The van der Waals surface area contributed by atoms with Gasteiger partial charge in [0.05, 0.1) is 164 Å². The minimum absolute atomic E-state index is 0.0163. The van der Waals surface area contributed by atoms with Gasteiger partial charge in [-0.3, -0.25) is 28.5 Å². The number of amides is 2. The molecule has 1 aliphatic rings. The molecule has 0 atom stereocenters. The molecule has 2 amide bonds. The predicted octanol–water partition coefficient (Wildman–Crippen LogP) is 3.87. The SMILES string of the molecule is CCCN(OCC)C(=O)C1=Cc2c(cnn2Cc2cccc(CNC(=O)CCOCCOCCOCCOCCOCCOCCOCCOCCOCCOCCC(=O)Oc3c(F)c(F)c(S(=O)(=O)O)c(F)c3F)c2)N=C(N)C1. The molecule has 0 spiro atoms. The summed E-state index contributed by atoms with van der Waals surface area (Å²) in [6.45, 7) is 11.1. The fourth-order valence-electron chi connectivity index (χ4n) is 7.01. The van der Waals surface area contributed by atoms with E-state index in [-0.39, 0.29) is 64.3 Å². The van der Waals surface area contributed by atoms with E-state index in [2.05, 4.69) is 20.1 Å². The second-order valence-electron chi connectivity index (χ2n) is 16.9. The van der Waals surface area contributed by atoms with Gasteiger partial charge in [0.2, 0.25) is 23.3 Å². The summed E-state index contributed by atoms with van der Waals surface area (Å²) in [5.74, 6) is -12.8. The quantitative estimate of drug-likeness (QED) is 0.0138. The highest BCUT2D eigenvalue weighted by atomic mass is 32.2. The van der Waals surface area contributed by atoms with Crippen LogP contribution in [0.25, 0.3) is 6.08 Å². The Morgan fingerprint density at radius 2 is 1.15 bits per heavy atom. The monoisotopic (exact) mass is 1160 g/mol. The van der Waals surface area contributed by atoms with Gasteiger partial charge >= 0.3 is 16.1 Å². The molecule has 24 nitrogen and oxygen atoms in total. The van der Waals surface area contributed by atoms with Gasteiger partial charge in [0.1, 0.15) is 11.5 Å². The Morgan fingerprint density at radius 1 is 0.688 bits per heavy atom. The van der Waals surface area contributed by atoms with Crippen molar-refractivity contribution < 1.29 is 102 Å². The van der Waals surface area contributed by atoms with Gasteiger partial charge in [-0.1, -0.05) is 31.2 Å². The molecule has 1 aromatic heterocycles. The Labute approximate surface area is 461 Å². The molecule has 4 N–H and O–H groups in total. The first kappa shape index (κ1) is 67.0. The van der Waals surface area contributed by atoms with Crippen molar-refractivity contribution in [1.29, 1.82) is 0 Å². The van der Waals surface area contributed by atoms with E-state index < -0.39 is 56.4 Å². The van der Waals surface area contributed by atoms with Crippen LogP contribution in [0.4, 0.5) is 23.2 Å². The maximum atomic E-state index is 14.0. The minimum Gasteiger partial charge on any atom is -0.420 e. The lowest BCUT2D eigenvalue weighted by Crippen LogP contribution is -2.34. The van der Waals surface area contributed by atoms with Crippen molar-refractivity contribution >= 4 is 45.5 Å². The van der Waals surface area contributed by atoms with Gasteiger partial charge < -0.3 is 63.2 Å². The summed E-state index contributed by atoms with van der Waals surface area (Å²) in [6, 6.07) is 7.81. The number of nitrogens with zero attached hydrogens (tertiary/aromatic N) is 4. The Morgan fingerprint density at radius 3 is 1.61 bits per heavy atom. The van der Waals surface area contributed by atoms with Crippen molar-refractivity contribution in [2.75, 3.05) is 145 Å². The topological polar surface area (TPSA) is 288 Å². The average Bonchev–Trinajstić information content (AvgIpc) is 3.84. The molecule has 1 aliphatic heterocycles. The van der Waals surface area contributed by atoms with Gasteiger partial charge in [0, 0.05) is 31.5 Å². The van der Waals surface area contributed by atoms with Crippen molar-refractivity contribution in [3.8, 4) is 5.75 Å². The molecule has 0 radical (unpaired) electrons. The number of aliphatic imine (C=N–C) groups is 1. The van der Waals surface area contributed by atoms with Gasteiger partial charge in [-0.05, 0) is 30.5 Å². The lowest BCUT2D eigenvalue weighted by molar-refractivity contribution is -0.180. The van der Waals surface area contributed by atoms with Crippen LogP contribution in [-0.2, 0) is 89.8 Å². The van der Waals surface area contributed by atoms with E-state index in [4.69, 9.17) is 62.5 Å². The van der Waals surface area contributed by atoms with Crippen LogP contribution in [-0.4, -0.2) is 197 Å². The van der Waals surface area contributed by atoms with Crippen LogP contribution in [0, 0.1) is 23.3 Å². The van der Waals surface area contributed by atoms with E-state index in [1.807, 2.05) is 38.1 Å². The maximum absolute atomic E-state index is 14.0. The molecule has 0 fully saturated rings. The van der Waals surface area contributed by atoms with Crippen LogP contribution in [0.2, 0.25) is 0 Å². The Balaban J connectivity index is 0.865. The van der Waals surface area contributed by atoms with Gasteiger partial charge in [-0.15, -0.1) is 0 Å². The first-order valence-electron chi connectivity index (χ1n) is 25.8. The Hall–Kier alpha value is -5.54. The van der Waals surface area contributed by atoms with Crippen LogP contribution >= 0.6 is 0 Å². The van der Waals surface area contributed by atoms with E-state index in [1.165, 1.54) is 5.06 Å². The number of esters is 1.